The zero-order valence-corrected chi connectivity index (χ0v) is 7.37. The van der Waals surface area contributed by atoms with Gasteiger partial charge in [-0.05, 0) is 0 Å². The van der Waals surface area contributed by atoms with Gasteiger partial charge in [-0.15, -0.1) is 0 Å². The summed E-state index contributed by atoms with van der Waals surface area (Å²) >= 11 is 1.25. The van der Waals surface area contributed by atoms with Gasteiger partial charge in [-0.2, -0.15) is 11.3 Å². The molecule has 1 atom stereocenters. The van der Waals surface area contributed by atoms with Crippen molar-refractivity contribution < 1.29 is 14.1 Å². The summed E-state index contributed by atoms with van der Waals surface area (Å²) < 4.78 is 10.9. The van der Waals surface area contributed by atoms with Crippen LogP contribution in [0.15, 0.2) is 15.7 Å². The summed E-state index contributed by atoms with van der Waals surface area (Å²) in [5.74, 6) is -1.02. The van der Waals surface area contributed by atoms with Crippen LogP contribution < -0.4 is 0 Å². The average Bonchev–Trinajstić information content (AvgIpc) is 2.32. The smallest absolute Gasteiger partial charge is 0.337 e. The molecule has 0 aliphatic carbocycles. The van der Waals surface area contributed by atoms with Crippen LogP contribution in [0.1, 0.15) is 10.4 Å². The molecule has 1 heterocycles. The van der Waals surface area contributed by atoms with Gasteiger partial charge in [0.25, 0.3) is 0 Å². The summed E-state index contributed by atoms with van der Waals surface area (Å²) in [6, 6.07) is 0. The minimum Gasteiger partial charge on any atom is -0.478 e. The van der Waals surface area contributed by atoms with Gasteiger partial charge in [-0.25, -0.2) is 4.79 Å². The van der Waals surface area contributed by atoms with Crippen LogP contribution in [0, 0.1) is 0 Å². The average molecular weight is 190 g/mol. The van der Waals surface area contributed by atoms with E-state index in [2.05, 4.69) is 0 Å². The van der Waals surface area contributed by atoms with Crippen LogP contribution in [-0.2, 0) is 10.8 Å². The third-order valence-corrected chi connectivity index (χ3v) is 3.02. The molecule has 0 fully saturated rings. The van der Waals surface area contributed by atoms with Crippen molar-refractivity contribution in [3.63, 3.8) is 0 Å². The van der Waals surface area contributed by atoms with Gasteiger partial charge in [0.05, 0.1) is 21.3 Å². The first kappa shape index (κ1) is 8.42. The van der Waals surface area contributed by atoms with Crippen molar-refractivity contribution in [1.29, 1.82) is 0 Å². The first-order valence-electron chi connectivity index (χ1n) is 2.76. The van der Waals surface area contributed by atoms with Crippen molar-refractivity contribution in [2.24, 2.45) is 0 Å². The van der Waals surface area contributed by atoms with Gasteiger partial charge in [-0.3, -0.25) is 4.21 Å². The molecule has 0 bridgehead atoms. The molecular weight excluding hydrogens is 184 g/mol. The molecule has 0 saturated heterocycles. The van der Waals surface area contributed by atoms with Crippen LogP contribution in [0.4, 0.5) is 0 Å². The maximum atomic E-state index is 10.9. The Morgan fingerprint density at radius 3 is 2.64 bits per heavy atom. The number of carboxylic acids is 1. The standard InChI is InChI=1S/C6H6O3S2/c1-11(9)5-3-10-2-4(5)6(7)8/h2-3H,1H3,(H,7,8). The van der Waals surface area contributed by atoms with Gasteiger partial charge >= 0.3 is 5.97 Å². The van der Waals surface area contributed by atoms with Gasteiger partial charge in [0, 0.05) is 17.0 Å². The first-order valence-corrected chi connectivity index (χ1v) is 5.26. The Balaban J connectivity index is 3.16. The Kier molecular flexibility index (Phi) is 2.41. The lowest BCUT2D eigenvalue weighted by atomic mass is 10.3. The normalized spacial score (nSPS) is 12.8. The van der Waals surface area contributed by atoms with Crippen LogP contribution in [0.3, 0.4) is 0 Å². The van der Waals surface area contributed by atoms with Crippen LogP contribution in [0.5, 0.6) is 0 Å². The molecule has 11 heavy (non-hydrogen) atoms. The molecule has 0 saturated carbocycles. The lowest BCUT2D eigenvalue weighted by molar-refractivity contribution is 0.0693. The van der Waals surface area contributed by atoms with Crippen molar-refractivity contribution in [3.05, 3.63) is 16.3 Å². The highest BCUT2D eigenvalue weighted by Crippen LogP contribution is 2.17. The molecule has 0 amide bonds. The van der Waals surface area contributed by atoms with E-state index in [1.54, 1.807) is 5.38 Å². The van der Waals surface area contributed by atoms with Gasteiger partial charge in [0.1, 0.15) is 0 Å². The van der Waals surface area contributed by atoms with E-state index in [4.69, 9.17) is 5.11 Å². The van der Waals surface area contributed by atoms with Crippen molar-refractivity contribution in [2.45, 2.75) is 4.90 Å². The summed E-state index contributed by atoms with van der Waals surface area (Å²) in [5.41, 5.74) is 0.149. The van der Waals surface area contributed by atoms with E-state index in [-0.39, 0.29) is 5.56 Å². The minimum absolute atomic E-state index is 0.149. The predicted octanol–water partition coefficient (Wildman–Crippen LogP) is 1.18. The second-order valence-corrected chi connectivity index (χ2v) is 4.00. The Morgan fingerprint density at radius 1 is 1.64 bits per heavy atom. The highest BCUT2D eigenvalue weighted by molar-refractivity contribution is 7.84. The van der Waals surface area contributed by atoms with Crippen molar-refractivity contribution in [2.75, 3.05) is 6.26 Å². The van der Waals surface area contributed by atoms with E-state index in [0.717, 1.165) is 0 Å². The van der Waals surface area contributed by atoms with E-state index in [9.17, 15) is 9.00 Å². The number of thiophene rings is 1. The van der Waals surface area contributed by atoms with Crippen molar-refractivity contribution >= 4 is 28.1 Å². The molecule has 0 aliphatic rings. The summed E-state index contributed by atoms with van der Waals surface area (Å²) in [6.07, 6.45) is 1.47. The molecule has 1 aromatic rings. The molecule has 1 unspecified atom stereocenters. The highest BCUT2D eigenvalue weighted by Gasteiger charge is 2.12. The molecule has 1 N–H and O–H groups in total. The summed E-state index contributed by atoms with van der Waals surface area (Å²) in [5, 5.41) is 11.7. The number of aromatic carboxylic acids is 1. The van der Waals surface area contributed by atoms with Crippen molar-refractivity contribution in [1.82, 2.24) is 0 Å². The van der Waals surface area contributed by atoms with Gasteiger partial charge < -0.3 is 5.11 Å². The van der Waals surface area contributed by atoms with E-state index in [1.165, 1.54) is 23.0 Å². The molecule has 60 valence electrons. The Bertz CT molecular complexity index is 274. The van der Waals surface area contributed by atoms with E-state index in [0.29, 0.717) is 4.90 Å². The zero-order chi connectivity index (χ0) is 8.43. The van der Waals surface area contributed by atoms with Gasteiger partial charge in [0.2, 0.25) is 0 Å². The number of carboxylic acid groups (broad SMARTS) is 1. The van der Waals surface area contributed by atoms with E-state index in [1.807, 2.05) is 0 Å². The van der Waals surface area contributed by atoms with Gasteiger partial charge in [-0.1, -0.05) is 0 Å². The third kappa shape index (κ3) is 1.66. The zero-order valence-electron chi connectivity index (χ0n) is 5.73. The second-order valence-electron chi connectivity index (χ2n) is 1.91. The fourth-order valence-electron chi connectivity index (χ4n) is 0.664. The quantitative estimate of drug-likeness (QED) is 0.762. The molecule has 1 aromatic heterocycles. The Hall–Kier alpha value is -0.680. The summed E-state index contributed by atoms with van der Waals surface area (Å²) in [4.78, 5) is 10.9. The van der Waals surface area contributed by atoms with E-state index < -0.39 is 16.8 Å². The number of hydrogen-bond donors (Lipinski definition) is 1. The number of rotatable bonds is 2. The van der Waals surface area contributed by atoms with Crippen LogP contribution in [0.25, 0.3) is 0 Å². The molecule has 5 heteroatoms. The summed E-state index contributed by atoms with van der Waals surface area (Å²) in [7, 11) is -1.20. The minimum atomic E-state index is -1.20. The number of hydrogen-bond acceptors (Lipinski definition) is 3. The van der Waals surface area contributed by atoms with E-state index >= 15 is 0 Å². The lowest BCUT2D eigenvalue weighted by Crippen LogP contribution is -1.99. The SMILES string of the molecule is CS(=O)c1cscc1C(=O)O. The maximum absolute atomic E-state index is 10.9. The van der Waals surface area contributed by atoms with Crippen LogP contribution in [0.2, 0.25) is 0 Å². The first-order chi connectivity index (χ1) is 5.13. The molecule has 0 spiro atoms. The highest BCUT2D eigenvalue weighted by atomic mass is 32.2. The Morgan fingerprint density at radius 2 is 2.27 bits per heavy atom. The molecule has 3 nitrogen and oxygen atoms in total. The summed E-state index contributed by atoms with van der Waals surface area (Å²) in [6.45, 7) is 0. The second kappa shape index (κ2) is 3.15. The maximum Gasteiger partial charge on any atom is 0.337 e. The molecule has 1 rings (SSSR count). The van der Waals surface area contributed by atoms with Crippen LogP contribution in [-0.4, -0.2) is 21.5 Å². The largest absolute Gasteiger partial charge is 0.478 e. The molecule has 0 aromatic carbocycles. The van der Waals surface area contributed by atoms with Gasteiger partial charge in [0.15, 0.2) is 0 Å². The number of carbonyl (C=O) groups is 1. The predicted molar refractivity (Wildman–Crippen MR) is 43.6 cm³/mol. The lowest BCUT2D eigenvalue weighted by Gasteiger charge is -1.92. The topological polar surface area (TPSA) is 54.4 Å². The third-order valence-electron chi connectivity index (χ3n) is 1.17. The fourth-order valence-corrected chi connectivity index (χ4v) is 2.59. The molecule has 0 radical (unpaired) electrons. The Labute approximate surface area is 70.1 Å². The molecular formula is C6H6O3S2. The van der Waals surface area contributed by atoms with Crippen LogP contribution >= 0.6 is 11.3 Å². The van der Waals surface area contributed by atoms with Crippen molar-refractivity contribution in [3.8, 4) is 0 Å². The molecule has 0 aliphatic heterocycles. The monoisotopic (exact) mass is 190 g/mol. The fraction of sp³-hybridized carbons (Fsp3) is 0.167.